The molecular formula is C15H16BrFN2. The molecular weight excluding hydrogens is 307 g/mol. The summed E-state index contributed by atoms with van der Waals surface area (Å²) in [4.78, 5) is 0. The smallest absolute Gasteiger partial charge is 0.126 e. The predicted molar refractivity (Wildman–Crippen MR) is 79.0 cm³/mol. The summed E-state index contributed by atoms with van der Waals surface area (Å²) in [7, 11) is 0. The molecule has 0 saturated carbocycles. The largest absolute Gasteiger partial charge is 0.271 e. The third kappa shape index (κ3) is 3.41. The summed E-state index contributed by atoms with van der Waals surface area (Å²) < 4.78 is 14.7. The number of halogens is 2. The van der Waals surface area contributed by atoms with Crippen molar-refractivity contribution >= 4 is 15.9 Å². The van der Waals surface area contributed by atoms with Crippen molar-refractivity contribution in [2.45, 2.75) is 19.4 Å². The summed E-state index contributed by atoms with van der Waals surface area (Å²) in [6.45, 7) is 2.02. The molecule has 0 spiro atoms. The number of hydrogen-bond donors (Lipinski definition) is 2. The number of nitrogens with one attached hydrogen (secondary N) is 1. The van der Waals surface area contributed by atoms with Crippen LogP contribution < -0.4 is 11.3 Å². The molecule has 0 aromatic heterocycles. The lowest BCUT2D eigenvalue weighted by atomic mass is 9.98. The number of benzene rings is 2. The SMILES string of the molecule is Cc1ccc(C(Cc2ccccc2F)NN)c(Br)c1. The van der Waals surface area contributed by atoms with Gasteiger partial charge in [-0.15, -0.1) is 0 Å². The minimum Gasteiger partial charge on any atom is -0.271 e. The Hall–Kier alpha value is -1.23. The van der Waals surface area contributed by atoms with E-state index in [2.05, 4.69) is 21.4 Å². The van der Waals surface area contributed by atoms with Gasteiger partial charge in [0.05, 0.1) is 6.04 Å². The van der Waals surface area contributed by atoms with Gasteiger partial charge in [0.2, 0.25) is 0 Å². The van der Waals surface area contributed by atoms with E-state index in [4.69, 9.17) is 5.84 Å². The van der Waals surface area contributed by atoms with Gasteiger partial charge in [-0.05, 0) is 42.2 Å². The molecule has 0 bridgehead atoms. The molecule has 2 aromatic carbocycles. The Morgan fingerprint density at radius 1 is 1.26 bits per heavy atom. The zero-order valence-corrected chi connectivity index (χ0v) is 12.2. The highest BCUT2D eigenvalue weighted by Crippen LogP contribution is 2.27. The van der Waals surface area contributed by atoms with Crippen molar-refractivity contribution in [1.29, 1.82) is 0 Å². The van der Waals surface area contributed by atoms with Gasteiger partial charge in [0, 0.05) is 4.47 Å². The maximum absolute atomic E-state index is 13.7. The number of aryl methyl sites for hydroxylation is 1. The summed E-state index contributed by atoms with van der Waals surface area (Å²) in [6.07, 6.45) is 0.505. The molecule has 0 aliphatic heterocycles. The maximum Gasteiger partial charge on any atom is 0.126 e. The van der Waals surface area contributed by atoms with Gasteiger partial charge in [0.25, 0.3) is 0 Å². The van der Waals surface area contributed by atoms with Crippen molar-refractivity contribution in [2.24, 2.45) is 5.84 Å². The summed E-state index contributed by atoms with van der Waals surface area (Å²) in [5, 5.41) is 0. The molecule has 0 radical (unpaired) electrons. The molecule has 0 aliphatic rings. The minimum atomic E-state index is -0.203. The van der Waals surface area contributed by atoms with Crippen LogP contribution in [0.2, 0.25) is 0 Å². The summed E-state index contributed by atoms with van der Waals surface area (Å²) >= 11 is 3.53. The first-order valence-electron chi connectivity index (χ1n) is 6.07. The third-order valence-corrected chi connectivity index (χ3v) is 3.80. The lowest BCUT2D eigenvalue weighted by molar-refractivity contribution is 0.527. The van der Waals surface area contributed by atoms with Crippen molar-refractivity contribution in [1.82, 2.24) is 5.43 Å². The normalized spacial score (nSPS) is 12.4. The van der Waals surface area contributed by atoms with Gasteiger partial charge in [-0.1, -0.05) is 46.3 Å². The number of rotatable bonds is 4. The highest BCUT2D eigenvalue weighted by molar-refractivity contribution is 9.10. The first-order chi connectivity index (χ1) is 9.11. The molecule has 0 saturated heterocycles. The topological polar surface area (TPSA) is 38.0 Å². The molecule has 0 fully saturated rings. The Morgan fingerprint density at radius 3 is 2.63 bits per heavy atom. The first kappa shape index (κ1) is 14.2. The second-order valence-electron chi connectivity index (χ2n) is 4.54. The average molecular weight is 323 g/mol. The zero-order valence-electron chi connectivity index (χ0n) is 10.7. The van der Waals surface area contributed by atoms with E-state index >= 15 is 0 Å². The van der Waals surface area contributed by atoms with Gasteiger partial charge in [-0.3, -0.25) is 11.3 Å². The molecule has 2 nitrogen and oxygen atoms in total. The van der Waals surface area contributed by atoms with Gasteiger partial charge in [0.1, 0.15) is 5.82 Å². The second kappa shape index (κ2) is 6.28. The van der Waals surface area contributed by atoms with Gasteiger partial charge >= 0.3 is 0 Å². The summed E-state index contributed by atoms with van der Waals surface area (Å²) in [6, 6.07) is 12.7. The average Bonchev–Trinajstić information content (AvgIpc) is 2.39. The highest BCUT2D eigenvalue weighted by atomic mass is 79.9. The molecule has 3 N–H and O–H groups in total. The van der Waals surface area contributed by atoms with Crippen molar-refractivity contribution in [3.05, 3.63) is 69.4 Å². The van der Waals surface area contributed by atoms with Crippen LogP contribution in [0.1, 0.15) is 22.7 Å². The standard InChI is InChI=1S/C15H16BrFN2/c1-10-6-7-12(13(16)8-10)15(19-18)9-11-4-2-3-5-14(11)17/h2-8,15,19H,9,18H2,1H3. The van der Waals surface area contributed by atoms with Crippen molar-refractivity contribution in [2.75, 3.05) is 0 Å². The van der Waals surface area contributed by atoms with Crippen molar-refractivity contribution in [3.8, 4) is 0 Å². The van der Waals surface area contributed by atoms with Crippen LogP contribution in [0.25, 0.3) is 0 Å². The van der Waals surface area contributed by atoms with E-state index < -0.39 is 0 Å². The lowest BCUT2D eigenvalue weighted by Crippen LogP contribution is -2.30. The molecule has 0 amide bonds. The summed E-state index contributed by atoms with van der Waals surface area (Å²) in [5.41, 5.74) is 5.60. The van der Waals surface area contributed by atoms with Crippen LogP contribution in [0.4, 0.5) is 4.39 Å². The molecule has 4 heteroatoms. The van der Waals surface area contributed by atoms with Crippen LogP contribution in [0.5, 0.6) is 0 Å². The predicted octanol–water partition coefficient (Wildman–Crippen LogP) is 3.64. The van der Waals surface area contributed by atoms with Crippen LogP contribution >= 0.6 is 15.9 Å². The van der Waals surface area contributed by atoms with Gasteiger partial charge in [-0.25, -0.2) is 4.39 Å². The number of hydrazine groups is 1. The Balaban J connectivity index is 2.28. The molecule has 19 heavy (non-hydrogen) atoms. The van der Waals surface area contributed by atoms with Crippen LogP contribution in [-0.4, -0.2) is 0 Å². The Kier molecular flexibility index (Phi) is 4.69. The summed E-state index contributed by atoms with van der Waals surface area (Å²) in [5.74, 6) is 5.41. The van der Waals surface area contributed by atoms with E-state index in [0.717, 1.165) is 15.6 Å². The van der Waals surface area contributed by atoms with Gasteiger partial charge < -0.3 is 0 Å². The second-order valence-corrected chi connectivity index (χ2v) is 5.39. The van der Waals surface area contributed by atoms with Gasteiger partial charge in [-0.2, -0.15) is 0 Å². The van der Waals surface area contributed by atoms with Crippen molar-refractivity contribution < 1.29 is 4.39 Å². The number of hydrogen-bond acceptors (Lipinski definition) is 2. The van der Waals surface area contributed by atoms with Crippen molar-refractivity contribution in [3.63, 3.8) is 0 Å². The van der Waals surface area contributed by atoms with Crippen LogP contribution in [0.15, 0.2) is 46.9 Å². The van der Waals surface area contributed by atoms with E-state index in [0.29, 0.717) is 12.0 Å². The Morgan fingerprint density at radius 2 is 2.00 bits per heavy atom. The maximum atomic E-state index is 13.7. The first-order valence-corrected chi connectivity index (χ1v) is 6.86. The monoisotopic (exact) mass is 322 g/mol. The molecule has 0 aliphatic carbocycles. The lowest BCUT2D eigenvalue weighted by Gasteiger charge is -2.18. The molecule has 2 aromatic rings. The molecule has 100 valence electrons. The number of nitrogens with two attached hydrogens (primary N) is 1. The fourth-order valence-electron chi connectivity index (χ4n) is 2.06. The van der Waals surface area contributed by atoms with Crippen LogP contribution in [-0.2, 0) is 6.42 Å². The fraction of sp³-hybridized carbons (Fsp3) is 0.200. The molecule has 1 unspecified atom stereocenters. The Bertz CT molecular complexity index is 572. The van der Waals surface area contributed by atoms with E-state index in [1.807, 2.05) is 31.2 Å². The molecule has 2 rings (SSSR count). The molecule has 1 atom stereocenters. The van der Waals surface area contributed by atoms with E-state index in [-0.39, 0.29) is 11.9 Å². The third-order valence-electron chi connectivity index (χ3n) is 3.11. The van der Waals surface area contributed by atoms with Crippen LogP contribution in [0.3, 0.4) is 0 Å². The molecule has 0 heterocycles. The van der Waals surface area contributed by atoms with Gasteiger partial charge in [0.15, 0.2) is 0 Å². The highest BCUT2D eigenvalue weighted by Gasteiger charge is 2.15. The van der Waals surface area contributed by atoms with Crippen LogP contribution in [0, 0.1) is 12.7 Å². The van der Waals surface area contributed by atoms with E-state index in [1.165, 1.54) is 6.07 Å². The fourth-order valence-corrected chi connectivity index (χ4v) is 2.83. The Labute approximate surface area is 120 Å². The minimum absolute atomic E-state index is 0.133. The zero-order chi connectivity index (χ0) is 13.8. The van der Waals surface area contributed by atoms with E-state index in [9.17, 15) is 4.39 Å². The van der Waals surface area contributed by atoms with E-state index in [1.54, 1.807) is 12.1 Å². The quantitative estimate of drug-likeness (QED) is 0.666.